The van der Waals surface area contributed by atoms with Crippen molar-refractivity contribution in [3.05, 3.63) is 81.4 Å². The molecule has 1 N–H and O–H groups in total. The predicted octanol–water partition coefficient (Wildman–Crippen LogP) is 4.02. The number of rotatable bonds is 8. The molecular formula is C24H27N5O4S. The number of non-ortho nitro benzene ring substituents is 1. The first-order valence-corrected chi connectivity index (χ1v) is 11.3. The van der Waals surface area contributed by atoms with E-state index in [2.05, 4.69) is 21.3 Å². The summed E-state index contributed by atoms with van der Waals surface area (Å²) in [6, 6.07) is 12.2. The van der Waals surface area contributed by atoms with Crippen molar-refractivity contribution < 1.29 is 14.4 Å². The molecule has 1 aliphatic rings. The van der Waals surface area contributed by atoms with Crippen LogP contribution in [-0.2, 0) is 4.74 Å². The number of aromatic nitrogens is 2. The highest BCUT2D eigenvalue weighted by Crippen LogP contribution is 2.42. The molecule has 1 aromatic carbocycles. The molecule has 0 spiro atoms. The van der Waals surface area contributed by atoms with Crippen molar-refractivity contribution in [3.63, 3.8) is 0 Å². The Morgan fingerprint density at radius 1 is 1.21 bits per heavy atom. The van der Waals surface area contributed by atoms with Crippen LogP contribution < -0.4 is 10.1 Å². The van der Waals surface area contributed by atoms with E-state index in [1.54, 1.807) is 32.5 Å². The van der Waals surface area contributed by atoms with Crippen molar-refractivity contribution in [2.75, 3.05) is 27.4 Å². The second kappa shape index (κ2) is 9.78. The second-order valence-corrected chi connectivity index (χ2v) is 8.47. The maximum absolute atomic E-state index is 11.5. The van der Waals surface area contributed by atoms with Gasteiger partial charge in [-0.05, 0) is 55.9 Å². The number of nitro benzene ring substituents is 1. The van der Waals surface area contributed by atoms with Crippen LogP contribution in [0.2, 0.25) is 0 Å². The molecule has 3 heterocycles. The van der Waals surface area contributed by atoms with E-state index < -0.39 is 4.92 Å². The molecule has 0 amide bonds. The third-order valence-electron chi connectivity index (χ3n) is 6.14. The average molecular weight is 482 g/mol. The molecule has 2 atom stereocenters. The molecule has 3 aromatic rings. The van der Waals surface area contributed by atoms with Crippen molar-refractivity contribution in [3.8, 4) is 11.4 Å². The van der Waals surface area contributed by atoms with Crippen LogP contribution in [0.15, 0.2) is 48.7 Å². The Labute approximate surface area is 203 Å². The Balaban J connectivity index is 1.86. The van der Waals surface area contributed by atoms with Crippen LogP contribution >= 0.6 is 12.2 Å². The summed E-state index contributed by atoms with van der Waals surface area (Å²) in [5.41, 5.74) is 4.41. The van der Waals surface area contributed by atoms with Crippen LogP contribution in [0.5, 0.6) is 5.75 Å². The first-order valence-electron chi connectivity index (χ1n) is 10.9. The molecule has 1 saturated heterocycles. The molecule has 178 valence electrons. The molecule has 2 aromatic heterocycles. The fourth-order valence-electron chi connectivity index (χ4n) is 4.60. The van der Waals surface area contributed by atoms with Gasteiger partial charge in [-0.25, -0.2) is 0 Å². The lowest BCUT2D eigenvalue weighted by Gasteiger charge is -2.28. The van der Waals surface area contributed by atoms with Crippen molar-refractivity contribution in [2.45, 2.75) is 25.9 Å². The maximum Gasteiger partial charge on any atom is 0.271 e. The van der Waals surface area contributed by atoms with Crippen LogP contribution in [-0.4, -0.2) is 51.9 Å². The molecule has 10 heteroatoms. The SMILES string of the molecule is COCCN1C(=S)N[C@@H](c2ccccn2)[C@H]1c1cc(C)n(-c2cc([N+](=O)[O-])ccc2OC)c1C. The minimum Gasteiger partial charge on any atom is -0.495 e. The van der Waals surface area contributed by atoms with E-state index in [0.29, 0.717) is 29.7 Å². The Bertz CT molecular complexity index is 1210. The number of aryl methyl sites for hydroxylation is 1. The van der Waals surface area contributed by atoms with Crippen molar-refractivity contribution in [1.29, 1.82) is 0 Å². The molecule has 1 aliphatic heterocycles. The van der Waals surface area contributed by atoms with Crippen LogP contribution in [0.3, 0.4) is 0 Å². The van der Waals surface area contributed by atoms with E-state index >= 15 is 0 Å². The summed E-state index contributed by atoms with van der Waals surface area (Å²) >= 11 is 5.70. The molecule has 1 fully saturated rings. The molecule has 0 saturated carbocycles. The van der Waals surface area contributed by atoms with Gasteiger partial charge in [-0.15, -0.1) is 0 Å². The van der Waals surface area contributed by atoms with Gasteiger partial charge < -0.3 is 24.3 Å². The van der Waals surface area contributed by atoms with Gasteiger partial charge in [0.25, 0.3) is 5.69 Å². The monoisotopic (exact) mass is 481 g/mol. The number of thiocarbonyl (C=S) groups is 1. The summed E-state index contributed by atoms with van der Waals surface area (Å²) in [6.45, 7) is 5.11. The van der Waals surface area contributed by atoms with Crippen LogP contribution in [0, 0.1) is 24.0 Å². The van der Waals surface area contributed by atoms with Gasteiger partial charge in [0.1, 0.15) is 5.75 Å². The summed E-state index contributed by atoms with van der Waals surface area (Å²) in [5, 5.41) is 15.5. The summed E-state index contributed by atoms with van der Waals surface area (Å²) in [4.78, 5) is 17.8. The Hall–Kier alpha value is -3.50. The second-order valence-electron chi connectivity index (χ2n) is 8.09. The molecule has 0 bridgehead atoms. The lowest BCUT2D eigenvalue weighted by atomic mass is 9.97. The van der Waals surface area contributed by atoms with Gasteiger partial charge in [-0.3, -0.25) is 15.1 Å². The number of pyridine rings is 1. The number of hydrogen-bond donors (Lipinski definition) is 1. The van der Waals surface area contributed by atoms with Gasteiger partial charge in [0.2, 0.25) is 0 Å². The number of benzene rings is 1. The molecule has 4 rings (SSSR count). The van der Waals surface area contributed by atoms with Gasteiger partial charge in [0.05, 0.1) is 42.1 Å². The van der Waals surface area contributed by atoms with Crippen LogP contribution in [0.4, 0.5) is 5.69 Å². The Morgan fingerprint density at radius 3 is 2.65 bits per heavy atom. The van der Waals surface area contributed by atoms with Crippen molar-refractivity contribution in [1.82, 2.24) is 19.8 Å². The van der Waals surface area contributed by atoms with Crippen molar-refractivity contribution in [2.24, 2.45) is 0 Å². The number of nitrogens with one attached hydrogen (secondary N) is 1. The standard InChI is InChI=1S/C24H27N5O4S/c1-15-13-18(16(2)28(15)20-14-17(29(30)31)8-9-21(20)33-4)23-22(19-7-5-6-10-25-19)26-24(34)27(23)11-12-32-3/h5-10,13-14,22-23H,11-12H2,1-4H3,(H,26,34)/t22-,23+/m0/s1. The minimum atomic E-state index is -0.402. The largest absolute Gasteiger partial charge is 0.495 e. The summed E-state index contributed by atoms with van der Waals surface area (Å²) in [7, 11) is 3.22. The third-order valence-corrected chi connectivity index (χ3v) is 6.49. The number of ether oxygens (including phenoxy) is 2. The average Bonchev–Trinajstić information content (AvgIpc) is 3.32. The molecule has 0 aliphatic carbocycles. The summed E-state index contributed by atoms with van der Waals surface area (Å²) < 4.78 is 12.9. The fraction of sp³-hybridized carbons (Fsp3) is 0.333. The predicted molar refractivity (Wildman–Crippen MR) is 132 cm³/mol. The summed E-state index contributed by atoms with van der Waals surface area (Å²) in [6.07, 6.45) is 1.77. The molecule has 0 unspecified atom stereocenters. The quantitative estimate of drug-likeness (QED) is 0.293. The van der Waals surface area contributed by atoms with Gasteiger partial charge in [-0.2, -0.15) is 0 Å². The summed E-state index contributed by atoms with van der Waals surface area (Å²) in [5.74, 6) is 0.552. The van der Waals surface area contributed by atoms with Gasteiger partial charge in [0.15, 0.2) is 5.11 Å². The van der Waals surface area contributed by atoms with Gasteiger partial charge in [-0.1, -0.05) is 6.07 Å². The number of hydrogen-bond acceptors (Lipinski definition) is 6. The smallest absolute Gasteiger partial charge is 0.271 e. The van der Waals surface area contributed by atoms with E-state index in [4.69, 9.17) is 21.7 Å². The van der Waals surface area contributed by atoms with Crippen molar-refractivity contribution >= 4 is 23.0 Å². The number of nitrogens with zero attached hydrogens (tertiary/aromatic N) is 4. The fourth-order valence-corrected chi connectivity index (χ4v) is 4.93. The Kier molecular flexibility index (Phi) is 6.80. The highest BCUT2D eigenvalue weighted by molar-refractivity contribution is 7.80. The van der Waals surface area contributed by atoms with E-state index in [1.165, 1.54) is 6.07 Å². The molecule has 0 radical (unpaired) electrons. The first-order chi connectivity index (χ1) is 16.4. The lowest BCUT2D eigenvalue weighted by Crippen LogP contribution is -2.32. The van der Waals surface area contributed by atoms with E-state index in [9.17, 15) is 10.1 Å². The topological polar surface area (TPSA) is 94.7 Å². The van der Waals surface area contributed by atoms with Crippen LogP contribution in [0.1, 0.15) is 34.7 Å². The maximum atomic E-state index is 11.5. The van der Waals surface area contributed by atoms with E-state index in [0.717, 1.165) is 22.6 Å². The van der Waals surface area contributed by atoms with Gasteiger partial charge in [0, 0.05) is 43.4 Å². The van der Waals surface area contributed by atoms with Crippen LogP contribution in [0.25, 0.3) is 5.69 Å². The molecular weight excluding hydrogens is 454 g/mol. The van der Waals surface area contributed by atoms with E-state index in [-0.39, 0.29) is 17.8 Å². The van der Waals surface area contributed by atoms with E-state index in [1.807, 2.05) is 36.6 Å². The first kappa shape index (κ1) is 23.7. The zero-order chi connectivity index (χ0) is 24.4. The zero-order valence-corrected chi connectivity index (χ0v) is 20.3. The zero-order valence-electron chi connectivity index (χ0n) is 19.5. The lowest BCUT2D eigenvalue weighted by molar-refractivity contribution is -0.384. The molecule has 9 nitrogen and oxygen atoms in total. The number of nitro groups is 1. The third kappa shape index (κ3) is 4.22. The minimum absolute atomic E-state index is 0.00152. The number of methoxy groups -OCH3 is 2. The van der Waals surface area contributed by atoms with Gasteiger partial charge >= 0.3 is 0 Å². The molecule has 34 heavy (non-hydrogen) atoms. The normalized spacial score (nSPS) is 17.6. The highest BCUT2D eigenvalue weighted by Gasteiger charge is 2.41. The Morgan fingerprint density at radius 2 is 2.00 bits per heavy atom. The highest BCUT2D eigenvalue weighted by atomic mass is 32.1.